The Morgan fingerprint density at radius 3 is 1.83 bits per heavy atom. The Kier molecular flexibility index (Phi) is 15.9. The normalized spacial score (nSPS) is 11.6. The number of carboxylic acid groups (broad SMARTS) is 1. The van der Waals surface area contributed by atoms with Crippen molar-refractivity contribution in [3.05, 3.63) is 40.1 Å². The molecule has 0 bridgehead atoms. The van der Waals surface area contributed by atoms with E-state index < -0.39 is 23.3 Å². The van der Waals surface area contributed by atoms with Gasteiger partial charge in [0, 0.05) is 0 Å². The Hall–Kier alpha value is -2.90. The van der Waals surface area contributed by atoms with E-state index in [0.717, 1.165) is 26.2 Å². The Morgan fingerprint density at radius 2 is 1.37 bits per heavy atom. The smallest absolute Gasteiger partial charge is 0.335 e. The Balaban J connectivity index is 2.33. The van der Waals surface area contributed by atoms with E-state index >= 15 is 0 Å². The van der Waals surface area contributed by atoms with Crippen LogP contribution in [0.25, 0.3) is 0 Å². The molecule has 1 aromatic rings. The lowest BCUT2D eigenvalue weighted by atomic mass is 10.0. The van der Waals surface area contributed by atoms with Gasteiger partial charge in [0.2, 0.25) is 5.70 Å². The molecule has 0 heterocycles. The fraction of sp³-hybridized carbons (Fsp3) is 0.630. The van der Waals surface area contributed by atoms with E-state index in [1.54, 1.807) is 0 Å². The number of hydrogen-bond acceptors (Lipinski definition) is 6. The number of aliphatic hydroxyl groups is 1. The largest absolute Gasteiger partial charge is 0.510 e. The van der Waals surface area contributed by atoms with Gasteiger partial charge < -0.3 is 20.3 Å². The summed E-state index contributed by atoms with van der Waals surface area (Å²) in [5.41, 5.74) is -0.624. The highest BCUT2D eigenvalue weighted by Crippen LogP contribution is 2.27. The number of benzene rings is 1. The fourth-order valence-corrected chi connectivity index (χ4v) is 3.82. The lowest BCUT2D eigenvalue weighted by molar-refractivity contribution is -0.113. The molecule has 1 aromatic carbocycles. The van der Waals surface area contributed by atoms with Crippen molar-refractivity contribution in [3.8, 4) is 5.75 Å². The zero-order valence-corrected chi connectivity index (χ0v) is 21.3. The van der Waals surface area contributed by atoms with Crippen molar-refractivity contribution in [2.45, 2.75) is 104 Å². The average molecular weight is 491 g/mol. The van der Waals surface area contributed by atoms with Crippen molar-refractivity contribution in [2.75, 3.05) is 11.9 Å². The summed E-state index contributed by atoms with van der Waals surface area (Å²) in [5, 5.41) is 23.6. The maximum atomic E-state index is 12.2. The number of aliphatic hydroxyl groups excluding tert-OH is 1. The first-order chi connectivity index (χ1) is 16.9. The first kappa shape index (κ1) is 30.1. The molecule has 1 amide bonds. The van der Waals surface area contributed by atoms with Gasteiger partial charge in [0.05, 0.1) is 17.9 Å². The minimum Gasteiger partial charge on any atom is -0.510 e. The number of aromatic carboxylic acids is 1. The van der Waals surface area contributed by atoms with Crippen LogP contribution in [-0.2, 0) is 4.79 Å². The number of ether oxygens (including phenoxy) is 1. The van der Waals surface area contributed by atoms with Crippen molar-refractivity contribution in [3.63, 3.8) is 0 Å². The van der Waals surface area contributed by atoms with Crippen LogP contribution in [0.1, 0.15) is 114 Å². The molecule has 0 aromatic heterocycles. The number of unbranched alkanes of at least 4 members (excludes halogenated alkanes) is 13. The number of rotatable bonds is 20. The minimum atomic E-state index is -1.17. The fourth-order valence-electron chi connectivity index (χ4n) is 3.82. The zero-order valence-electron chi connectivity index (χ0n) is 21.3. The van der Waals surface area contributed by atoms with Gasteiger partial charge in [-0.05, 0) is 36.7 Å². The maximum absolute atomic E-state index is 12.2. The van der Waals surface area contributed by atoms with Gasteiger partial charge in [0.15, 0.2) is 0 Å². The Morgan fingerprint density at radius 1 is 0.857 bits per heavy atom. The highest BCUT2D eigenvalue weighted by atomic mass is 16.5. The number of nitrogens with zero attached hydrogens (tertiary/aromatic N) is 1. The molecule has 0 saturated carbocycles. The third-order valence-electron chi connectivity index (χ3n) is 5.88. The molecule has 8 nitrogen and oxygen atoms in total. The van der Waals surface area contributed by atoms with Gasteiger partial charge in [-0.2, -0.15) is 0 Å². The molecular formula is C27H42N2O6. The number of carbonyl (C=O) groups excluding carboxylic acids is 1. The van der Waals surface area contributed by atoms with E-state index in [-0.39, 0.29) is 11.3 Å². The molecule has 0 aliphatic carbocycles. The van der Waals surface area contributed by atoms with Crippen molar-refractivity contribution in [1.82, 2.24) is 0 Å². The van der Waals surface area contributed by atoms with Crippen LogP contribution in [-0.4, -0.2) is 28.7 Å². The van der Waals surface area contributed by atoms with E-state index in [9.17, 15) is 24.7 Å². The summed E-state index contributed by atoms with van der Waals surface area (Å²) in [6.45, 7) is 3.83. The third-order valence-corrected chi connectivity index (χ3v) is 5.88. The van der Waals surface area contributed by atoms with Gasteiger partial charge in [-0.25, -0.2) is 4.79 Å². The number of amides is 1. The second-order valence-electron chi connectivity index (χ2n) is 8.94. The summed E-state index contributed by atoms with van der Waals surface area (Å²) in [6, 6.07) is 4.09. The zero-order chi connectivity index (χ0) is 25.9. The number of hydrogen-bond donors (Lipinski definition) is 3. The van der Waals surface area contributed by atoms with Crippen LogP contribution in [0.5, 0.6) is 5.75 Å². The SMILES string of the molecule is CCCCCCCCCCCCCCCCOc1ccc(C(=O)O)cc1NC(=O)/C(N=O)=C(\C)O. The molecule has 0 aliphatic heterocycles. The molecule has 1 rings (SSSR count). The van der Waals surface area contributed by atoms with Crippen molar-refractivity contribution < 1.29 is 24.5 Å². The lowest BCUT2D eigenvalue weighted by Crippen LogP contribution is -2.16. The van der Waals surface area contributed by atoms with E-state index in [1.165, 1.54) is 88.8 Å². The monoisotopic (exact) mass is 490 g/mol. The average Bonchev–Trinajstić information content (AvgIpc) is 2.82. The predicted octanol–water partition coefficient (Wildman–Crippen LogP) is 7.74. The van der Waals surface area contributed by atoms with Gasteiger partial charge in [0.1, 0.15) is 11.5 Å². The van der Waals surface area contributed by atoms with E-state index in [1.807, 2.05) is 0 Å². The molecule has 0 atom stereocenters. The van der Waals surface area contributed by atoms with Gasteiger partial charge >= 0.3 is 5.97 Å². The first-order valence-corrected chi connectivity index (χ1v) is 12.9. The molecule has 35 heavy (non-hydrogen) atoms. The molecule has 0 unspecified atom stereocenters. The van der Waals surface area contributed by atoms with Crippen molar-refractivity contribution in [2.24, 2.45) is 5.18 Å². The second-order valence-corrected chi connectivity index (χ2v) is 8.94. The summed E-state index contributed by atoms with van der Waals surface area (Å²) < 4.78 is 5.76. The molecule has 0 fully saturated rings. The minimum absolute atomic E-state index is 0.0468. The van der Waals surface area contributed by atoms with Gasteiger partial charge in [0.25, 0.3) is 5.91 Å². The number of nitrogens with one attached hydrogen (secondary N) is 1. The molecule has 0 saturated heterocycles. The van der Waals surface area contributed by atoms with E-state index in [0.29, 0.717) is 12.4 Å². The quantitative estimate of drug-likeness (QED) is 0.0743. The second kappa shape index (κ2) is 18.4. The maximum Gasteiger partial charge on any atom is 0.335 e. The molecule has 0 spiro atoms. The molecule has 196 valence electrons. The van der Waals surface area contributed by atoms with Crippen LogP contribution in [0.4, 0.5) is 5.69 Å². The predicted molar refractivity (Wildman–Crippen MR) is 139 cm³/mol. The number of allylic oxidation sites excluding steroid dienone is 1. The van der Waals surface area contributed by atoms with Gasteiger partial charge in [-0.3, -0.25) is 4.79 Å². The summed E-state index contributed by atoms with van der Waals surface area (Å²) in [7, 11) is 0. The molecule has 8 heteroatoms. The lowest BCUT2D eigenvalue weighted by Gasteiger charge is -2.13. The molecule has 3 N–H and O–H groups in total. The van der Waals surface area contributed by atoms with Crippen molar-refractivity contribution >= 4 is 17.6 Å². The summed E-state index contributed by atoms with van der Waals surface area (Å²) >= 11 is 0. The third kappa shape index (κ3) is 12.9. The standard InChI is InChI=1S/C27H42N2O6/c1-3-4-5-6-7-8-9-10-11-12-13-14-15-16-19-35-24-18-17-22(27(32)33)20-23(24)28-26(31)25(29-34)21(2)30/h17-18,20,30H,3-16,19H2,1-2H3,(H,28,31)(H,32,33)/b25-21-. The van der Waals surface area contributed by atoms with Crippen molar-refractivity contribution in [1.29, 1.82) is 0 Å². The highest BCUT2D eigenvalue weighted by molar-refractivity contribution is 6.05. The number of anilines is 1. The van der Waals surface area contributed by atoms with Crippen LogP contribution in [0.3, 0.4) is 0 Å². The molecular weight excluding hydrogens is 448 g/mol. The summed E-state index contributed by atoms with van der Waals surface area (Å²) in [6.07, 6.45) is 17.6. The summed E-state index contributed by atoms with van der Waals surface area (Å²) in [5.74, 6) is -2.35. The van der Waals surface area contributed by atoms with Crippen LogP contribution in [0, 0.1) is 4.91 Å². The van der Waals surface area contributed by atoms with E-state index in [2.05, 4.69) is 17.4 Å². The molecule has 0 aliphatic rings. The van der Waals surface area contributed by atoms with E-state index in [4.69, 9.17) is 4.74 Å². The highest BCUT2D eigenvalue weighted by Gasteiger charge is 2.18. The van der Waals surface area contributed by atoms with Crippen LogP contribution < -0.4 is 10.1 Å². The topological polar surface area (TPSA) is 125 Å². The number of carbonyl (C=O) groups is 2. The summed E-state index contributed by atoms with van der Waals surface area (Å²) in [4.78, 5) is 34.3. The Labute approximate surface area is 209 Å². The van der Waals surface area contributed by atoms with Gasteiger partial charge in [-0.15, -0.1) is 4.91 Å². The number of carboxylic acids is 1. The van der Waals surface area contributed by atoms with Crippen LogP contribution in [0.15, 0.2) is 34.8 Å². The van der Waals surface area contributed by atoms with Crippen LogP contribution >= 0.6 is 0 Å². The number of nitroso groups, excluding NO2 is 1. The Bertz CT molecular complexity index is 818. The first-order valence-electron chi connectivity index (χ1n) is 12.9. The van der Waals surface area contributed by atoms with Gasteiger partial charge in [-0.1, -0.05) is 90.4 Å². The molecule has 0 radical (unpaired) electrons. The van der Waals surface area contributed by atoms with Crippen LogP contribution in [0.2, 0.25) is 0 Å².